The maximum Gasteiger partial charge on any atom is 0.160 e. The lowest BCUT2D eigenvalue weighted by molar-refractivity contribution is 0.627. The molecule has 0 aliphatic rings. The number of hydrogen-bond acceptors (Lipinski definition) is 3. The minimum Gasteiger partial charge on any atom is -0.237 e. The molecule has 72 valence electrons. The molecule has 2 aromatic rings. The Bertz CT molecular complexity index is 517. The lowest BCUT2D eigenvalue weighted by Gasteiger charge is -2.01. The van der Waals surface area contributed by atoms with Gasteiger partial charge in [0.25, 0.3) is 0 Å². The predicted molar refractivity (Wildman–Crippen MR) is 52.1 cm³/mol. The van der Waals surface area contributed by atoms with Crippen molar-refractivity contribution in [1.29, 1.82) is 5.26 Å². The summed E-state index contributed by atoms with van der Waals surface area (Å²) in [6.07, 6.45) is 3.15. The summed E-state index contributed by atoms with van der Waals surface area (Å²) in [5, 5.41) is 8.83. The minimum absolute atomic E-state index is 0.237. The second kappa shape index (κ2) is 3.84. The predicted octanol–water partition coefficient (Wildman–Crippen LogP) is 2.15. The van der Waals surface area contributed by atoms with E-state index in [0.29, 0.717) is 11.4 Å². The fourth-order valence-electron chi connectivity index (χ4n) is 1.24. The first-order valence-corrected chi connectivity index (χ1v) is 4.28. The molecule has 0 N–H and O–H groups in total. The zero-order valence-electron chi connectivity index (χ0n) is 7.68. The third-order valence-corrected chi connectivity index (χ3v) is 1.91. The number of nitriles is 1. The number of halogens is 1. The van der Waals surface area contributed by atoms with Crippen LogP contribution in [0.3, 0.4) is 0 Å². The van der Waals surface area contributed by atoms with Gasteiger partial charge in [-0.15, -0.1) is 0 Å². The first kappa shape index (κ1) is 9.28. The molecule has 0 aliphatic carbocycles. The van der Waals surface area contributed by atoms with E-state index in [-0.39, 0.29) is 5.56 Å². The molecule has 0 radical (unpaired) electrons. The number of rotatable bonds is 1. The molecule has 15 heavy (non-hydrogen) atoms. The van der Waals surface area contributed by atoms with Crippen molar-refractivity contribution in [3.05, 3.63) is 48.0 Å². The third-order valence-electron chi connectivity index (χ3n) is 1.91. The molecule has 0 bridgehead atoms. The van der Waals surface area contributed by atoms with E-state index < -0.39 is 5.82 Å². The van der Waals surface area contributed by atoms with Crippen LogP contribution < -0.4 is 0 Å². The van der Waals surface area contributed by atoms with E-state index in [9.17, 15) is 4.39 Å². The fraction of sp³-hybridized carbons (Fsp3) is 0. The molecule has 1 heterocycles. The van der Waals surface area contributed by atoms with Crippen molar-refractivity contribution in [3.63, 3.8) is 0 Å². The van der Waals surface area contributed by atoms with Gasteiger partial charge < -0.3 is 0 Å². The fourth-order valence-corrected chi connectivity index (χ4v) is 1.24. The van der Waals surface area contributed by atoms with E-state index in [1.807, 2.05) is 6.07 Å². The zero-order chi connectivity index (χ0) is 10.7. The topological polar surface area (TPSA) is 49.6 Å². The van der Waals surface area contributed by atoms with Crippen LogP contribution in [0.1, 0.15) is 5.56 Å². The van der Waals surface area contributed by atoms with Gasteiger partial charge in [0.1, 0.15) is 5.82 Å². The van der Waals surface area contributed by atoms with Crippen LogP contribution in [-0.4, -0.2) is 9.97 Å². The summed E-state index contributed by atoms with van der Waals surface area (Å²) in [5.74, 6) is -0.0136. The number of nitrogens with zero attached hydrogens (tertiary/aromatic N) is 3. The maximum atomic E-state index is 12.9. The Morgan fingerprint density at radius 3 is 2.60 bits per heavy atom. The van der Waals surface area contributed by atoms with Gasteiger partial charge in [0.15, 0.2) is 5.82 Å². The van der Waals surface area contributed by atoms with E-state index in [2.05, 4.69) is 9.97 Å². The number of aromatic nitrogens is 2. The summed E-state index contributed by atoms with van der Waals surface area (Å²) in [6.45, 7) is 0. The highest BCUT2D eigenvalue weighted by Gasteiger charge is 2.07. The van der Waals surface area contributed by atoms with E-state index in [1.165, 1.54) is 18.2 Å². The summed E-state index contributed by atoms with van der Waals surface area (Å²) < 4.78 is 12.9. The second-order valence-electron chi connectivity index (χ2n) is 2.87. The van der Waals surface area contributed by atoms with Gasteiger partial charge in [-0.1, -0.05) is 0 Å². The molecule has 0 aliphatic heterocycles. The van der Waals surface area contributed by atoms with Gasteiger partial charge >= 0.3 is 0 Å². The summed E-state index contributed by atoms with van der Waals surface area (Å²) in [6, 6.07) is 7.55. The monoisotopic (exact) mass is 199 g/mol. The normalized spacial score (nSPS) is 9.60. The largest absolute Gasteiger partial charge is 0.237 e. The Morgan fingerprint density at radius 1 is 1.20 bits per heavy atom. The molecular formula is C11H6FN3. The first-order valence-electron chi connectivity index (χ1n) is 4.28. The first-order chi connectivity index (χ1) is 7.31. The van der Waals surface area contributed by atoms with Crippen molar-refractivity contribution in [2.45, 2.75) is 0 Å². The second-order valence-corrected chi connectivity index (χ2v) is 2.87. The molecule has 0 spiro atoms. The Morgan fingerprint density at radius 2 is 1.93 bits per heavy atom. The SMILES string of the molecule is N#Cc1cc(F)ccc1-c1ncccn1. The highest BCUT2D eigenvalue weighted by Crippen LogP contribution is 2.19. The minimum atomic E-state index is -0.439. The molecule has 0 saturated carbocycles. The van der Waals surface area contributed by atoms with Crippen LogP contribution in [0, 0.1) is 17.1 Å². The molecule has 0 fully saturated rings. The van der Waals surface area contributed by atoms with Crippen LogP contribution in [0.25, 0.3) is 11.4 Å². The molecule has 0 unspecified atom stereocenters. The average Bonchev–Trinajstić information content (AvgIpc) is 2.30. The summed E-state index contributed by atoms with van der Waals surface area (Å²) in [7, 11) is 0. The molecular weight excluding hydrogens is 193 g/mol. The van der Waals surface area contributed by atoms with Crippen molar-refractivity contribution < 1.29 is 4.39 Å². The van der Waals surface area contributed by atoms with Crippen molar-refractivity contribution in [1.82, 2.24) is 9.97 Å². The standard InChI is InChI=1S/C11H6FN3/c12-9-2-3-10(8(6-9)7-13)11-14-4-1-5-15-11/h1-6H. The Kier molecular flexibility index (Phi) is 2.38. The molecule has 1 aromatic carbocycles. The molecule has 0 atom stereocenters. The van der Waals surface area contributed by atoms with Gasteiger partial charge in [0.2, 0.25) is 0 Å². The van der Waals surface area contributed by atoms with Crippen molar-refractivity contribution >= 4 is 0 Å². The van der Waals surface area contributed by atoms with Crippen molar-refractivity contribution in [2.75, 3.05) is 0 Å². The summed E-state index contributed by atoms with van der Waals surface area (Å²) in [5.41, 5.74) is 0.778. The summed E-state index contributed by atoms with van der Waals surface area (Å²) in [4.78, 5) is 8.01. The lowest BCUT2D eigenvalue weighted by Crippen LogP contribution is -1.91. The third kappa shape index (κ3) is 1.81. The van der Waals surface area contributed by atoms with E-state index in [1.54, 1.807) is 18.5 Å². The van der Waals surface area contributed by atoms with Crippen LogP contribution in [-0.2, 0) is 0 Å². The van der Waals surface area contributed by atoms with Gasteiger partial charge in [0, 0.05) is 18.0 Å². The van der Waals surface area contributed by atoms with Gasteiger partial charge in [-0.3, -0.25) is 0 Å². The Balaban J connectivity index is 2.60. The molecule has 4 heteroatoms. The molecule has 3 nitrogen and oxygen atoms in total. The van der Waals surface area contributed by atoms with Crippen LogP contribution in [0.4, 0.5) is 4.39 Å². The van der Waals surface area contributed by atoms with Gasteiger partial charge in [-0.05, 0) is 24.3 Å². The van der Waals surface area contributed by atoms with Crippen LogP contribution in [0.15, 0.2) is 36.7 Å². The number of benzene rings is 1. The zero-order valence-corrected chi connectivity index (χ0v) is 7.68. The molecule has 0 amide bonds. The molecule has 2 rings (SSSR count). The highest BCUT2D eigenvalue weighted by atomic mass is 19.1. The highest BCUT2D eigenvalue weighted by molar-refractivity contribution is 5.64. The van der Waals surface area contributed by atoms with Gasteiger partial charge in [0.05, 0.1) is 11.6 Å². The Hall–Kier alpha value is -2.28. The number of hydrogen-bond donors (Lipinski definition) is 0. The van der Waals surface area contributed by atoms with Gasteiger partial charge in [-0.25, -0.2) is 14.4 Å². The average molecular weight is 199 g/mol. The van der Waals surface area contributed by atoms with Crippen molar-refractivity contribution in [2.24, 2.45) is 0 Å². The van der Waals surface area contributed by atoms with Crippen LogP contribution in [0.5, 0.6) is 0 Å². The Labute approximate surface area is 85.9 Å². The van der Waals surface area contributed by atoms with E-state index >= 15 is 0 Å². The van der Waals surface area contributed by atoms with Crippen LogP contribution in [0.2, 0.25) is 0 Å². The molecule has 1 aromatic heterocycles. The lowest BCUT2D eigenvalue weighted by atomic mass is 10.1. The van der Waals surface area contributed by atoms with Crippen molar-refractivity contribution in [3.8, 4) is 17.5 Å². The summed E-state index contributed by atoms with van der Waals surface area (Å²) >= 11 is 0. The van der Waals surface area contributed by atoms with Gasteiger partial charge in [-0.2, -0.15) is 5.26 Å². The quantitative estimate of drug-likeness (QED) is 0.707. The molecule has 0 saturated heterocycles. The smallest absolute Gasteiger partial charge is 0.160 e. The van der Waals surface area contributed by atoms with E-state index in [4.69, 9.17) is 5.26 Å². The maximum absolute atomic E-state index is 12.9. The van der Waals surface area contributed by atoms with Crippen LogP contribution >= 0.6 is 0 Å². The van der Waals surface area contributed by atoms with E-state index in [0.717, 1.165) is 0 Å².